The highest BCUT2D eigenvalue weighted by Crippen LogP contribution is 2.24. The molecule has 0 aliphatic carbocycles. The summed E-state index contributed by atoms with van der Waals surface area (Å²) >= 11 is 0. The first-order valence-electron chi connectivity index (χ1n) is 7.21. The topological polar surface area (TPSA) is 91.4 Å². The van der Waals surface area contributed by atoms with Crippen LogP contribution >= 0.6 is 0 Å². The zero-order valence-electron chi connectivity index (χ0n) is 13.2. The van der Waals surface area contributed by atoms with Crippen molar-refractivity contribution in [2.45, 2.75) is 18.7 Å². The summed E-state index contributed by atoms with van der Waals surface area (Å²) in [5, 5.41) is 16.9. The molecule has 0 saturated heterocycles. The molecular formula is C16H15N5O2S. The van der Waals surface area contributed by atoms with E-state index in [1.165, 1.54) is 12.3 Å². The van der Waals surface area contributed by atoms with Crippen LogP contribution in [0.5, 0.6) is 0 Å². The Bertz CT molecular complexity index is 1030. The summed E-state index contributed by atoms with van der Waals surface area (Å²) in [6, 6.07) is 12.0. The van der Waals surface area contributed by atoms with Crippen LogP contribution in [0.15, 0.2) is 47.5 Å². The van der Waals surface area contributed by atoms with E-state index in [-0.39, 0.29) is 11.4 Å². The minimum absolute atomic E-state index is 0.0775. The lowest BCUT2D eigenvalue weighted by atomic mass is 10.2. The van der Waals surface area contributed by atoms with Crippen molar-refractivity contribution in [2.75, 3.05) is 10.8 Å². The molecule has 0 bridgehead atoms. The molecule has 0 amide bonds. The van der Waals surface area contributed by atoms with Crippen molar-refractivity contribution in [3.63, 3.8) is 0 Å². The van der Waals surface area contributed by atoms with E-state index in [0.29, 0.717) is 17.2 Å². The van der Waals surface area contributed by atoms with Gasteiger partial charge in [0.05, 0.1) is 11.8 Å². The Labute approximate surface area is 139 Å². The van der Waals surface area contributed by atoms with E-state index >= 15 is 0 Å². The van der Waals surface area contributed by atoms with E-state index in [0.717, 1.165) is 9.87 Å². The van der Waals surface area contributed by atoms with Crippen LogP contribution in [0.1, 0.15) is 11.4 Å². The minimum Gasteiger partial charge on any atom is -0.285 e. The smallest absolute Gasteiger partial charge is 0.266 e. The molecule has 0 fully saturated rings. The van der Waals surface area contributed by atoms with Crippen molar-refractivity contribution in [3.8, 4) is 6.07 Å². The van der Waals surface area contributed by atoms with Gasteiger partial charge in [0.15, 0.2) is 5.65 Å². The Hall–Kier alpha value is -2.92. The summed E-state index contributed by atoms with van der Waals surface area (Å²) in [5.74, 6) is 0.587. The van der Waals surface area contributed by atoms with Gasteiger partial charge in [-0.15, -0.1) is 10.2 Å². The predicted octanol–water partition coefficient (Wildman–Crippen LogP) is 2.07. The van der Waals surface area contributed by atoms with Crippen LogP contribution in [-0.2, 0) is 10.0 Å². The lowest BCUT2D eigenvalue weighted by molar-refractivity contribution is 0.592. The highest BCUT2D eigenvalue weighted by molar-refractivity contribution is 7.92. The molecule has 0 unspecified atom stereocenters. The minimum atomic E-state index is -3.88. The van der Waals surface area contributed by atoms with E-state index in [1.54, 1.807) is 29.5 Å². The second-order valence-corrected chi connectivity index (χ2v) is 7.21. The number of aryl methyl sites for hydroxylation is 2. The van der Waals surface area contributed by atoms with E-state index in [9.17, 15) is 8.42 Å². The van der Waals surface area contributed by atoms with Gasteiger partial charge in [-0.05, 0) is 38.1 Å². The Kier molecular flexibility index (Phi) is 3.95. The van der Waals surface area contributed by atoms with E-state index in [1.807, 2.05) is 25.1 Å². The number of nitrogens with zero attached hydrogens (tertiary/aromatic N) is 5. The third-order valence-electron chi connectivity index (χ3n) is 3.67. The van der Waals surface area contributed by atoms with Crippen LogP contribution in [0.3, 0.4) is 0 Å². The molecule has 3 aromatic rings. The molecule has 0 aliphatic rings. The fraction of sp³-hybridized carbons (Fsp3) is 0.188. The number of anilines is 1. The average molecular weight is 341 g/mol. The van der Waals surface area contributed by atoms with Crippen molar-refractivity contribution < 1.29 is 8.42 Å². The number of rotatable bonds is 4. The molecule has 2 aromatic heterocycles. The Morgan fingerprint density at radius 3 is 2.50 bits per heavy atom. The first-order valence-corrected chi connectivity index (χ1v) is 8.65. The standard InChI is InChI=1S/C16H15N5O2S/c1-12-3-5-14(6-4-12)21(10-9-17)24(22,23)15-7-8-16-19-18-13(2)20(16)11-15/h3-8,11H,10H2,1-2H3. The third kappa shape index (κ3) is 2.70. The SMILES string of the molecule is Cc1ccc(N(CC#N)S(=O)(=O)c2ccc3nnc(C)n3c2)cc1. The lowest BCUT2D eigenvalue weighted by Crippen LogP contribution is -2.31. The number of aromatic nitrogens is 3. The highest BCUT2D eigenvalue weighted by Gasteiger charge is 2.25. The van der Waals surface area contributed by atoms with Crippen LogP contribution < -0.4 is 4.31 Å². The molecule has 0 saturated carbocycles. The fourth-order valence-electron chi connectivity index (χ4n) is 2.36. The van der Waals surface area contributed by atoms with Crippen molar-refractivity contribution in [1.29, 1.82) is 5.26 Å². The molecule has 2 heterocycles. The second-order valence-electron chi connectivity index (χ2n) is 5.35. The first kappa shape index (κ1) is 16.0. The maximum absolute atomic E-state index is 13.0. The van der Waals surface area contributed by atoms with Gasteiger partial charge in [0.25, 0.3) is 10.0 Å². The van der Waals surface area contributed by atoms with Gasteiger partial charge in [0, 0.05) is 6.20 Å². The molecule has 3 rings (SSSR count). The second kappa shape index (κ2) is 5.94. The van der Waals surface area contributed by atoms with Gasteiger partial charge >= 0.3 is 0 Å². The molecule has 24 heavy (non-hydrogen) atoms. The molecule has 1 aromatic carbocycles. The molecule has 8 heteroatoms. The van der Waals surface area contributed by atoms with Gasteiger partial charge in [-0.1, -0.05) is 17.7 Å². The molecule has 122 valence electrons. The summed E-state index contributed by atoms with van der Waals surface area (Å²) in [6.45, 7) is 3.38. The van der Waals surface area contributed by atoms with Crippen molar-refractivity contribution in [2.24, 2.45) is 0 Å². The number of benzene rings is 1. The summed E-state index contributed by atoms with van der Waals surface area (Å²) < 4.78 is 28.7. The van der Waals surface area contributed by atoms with E-state index in [2.05, 4.69) is 10.2 Å². The van der Waals surface area contributed by atoms with Gasteiger partial charge in [-0.2, -0.15) is 5.26 Å². The van der Waals surface area contributed by atoms with Crippen molar-refractivity contribution >= 4 is 21.4 Å². The third-order valence-corrected chi connectivity index (χ3v) is 5.43. The Morgan fingerprint density at radius 1 is 1.12 bits per heavy atom. The maximum Gasteiger partial charge on any atom is 0.266 e. The summed E-state index contributed by atoms with van der Waals surface area (Å²) in [7, 11) is -3.88. The molecule has 0 radical (unpaired) electrons. The van der Waals surface area contributed by atoms with Gasteiger partial charge in [-0.3, -0.25) is 8.71 Å². The molecule has 0 spiro atoms. The molecule has 0 N–H and O–H groups in total. The monoisotopic (exact) mass is 341 g/mol. The molecule has 0 atom stereocenters. The van der Waals surface area contributed by atoms with Gasteiger partial charge in [0.1, 0.15) is 17.3 Å². The van der Waals surface area contributed by atoms with Gasteiger partial charge in [-0.25, -0.2) is 8.42 Å². The number of nitriles is 1. The number of sulfonamides is 1. The first-order chi connectivity index (χ1) is 11.4. The number of hydrogen-bond acceptors (Lipinski definition) is 5. The summed E-state index contributed by atoms with van der Waals surface area (Å²) in [5.41, 5.74) is 2.02. The van der Waals surface area contributed by atoms with Crippen LogP contribution in [0.4, 0.5) is 5.69 Å². The van der Waals surface area contributed by atoms with Crippen molar-refractivity contribution in [3.05, 3.63) is 54.0 Å². The van der Waals surface area contributed by atoms with Crippen LogP contribution in [-0.4, -0.2) is 29.6 Å². The Morgan fingerprint density at radius 2 is 1.83 bits per heavy atom. The summed E-state index contributed by atoms with van der Waals surface area (Å²) in [6.07, 6.45) is 1.47. The van der Waals surface area contributed by atoms with Gasteiger partial charge in [0.2, 0.25) is 0 Å². The Balaban J connectivity index is 2.12. The van der Waals surface area contributed by atoms with Gasteiger partial charge < -0.3 is 0 Å². The normalized spacial score (nSPS) is 11.4. The largest absolute Gasteiger partial charge is 0.285 e. The highest BCUT2D eigenvalue weighted by atomic mass is 32.2. The number of hydrogen-bond donors (Lipinski definition) is 0. The predicted molar refractivity (Wildman–Crippen MR) is 89.0 cm³/mol. The van der Waals surface area contributed by atoms with E-state index < -0.39 is 10.0 Å². The molecule has 7 nitrogen and oxygen atoms in total. The fourth-order valence-corrected chi connectivity index (χ4v) is 3.72. The van der Waals surface area contributed by atoms with Crippen LogP contribution in [0, 0.1) is 25.2 Å². The quantitative estimate of drug-likeness (QED) is 0.677. The molecule has 0 aliphatic heterocycles. The van der Waals surface area contributed by atoms with Crippen LogP contribution in [0.2, 0.25) is 0 Å². The number of fused-ring (bicyclic) bond motifs is 1. The lowest BCUT2D eigenvalue weighted by Gasteiger charge is -2.21. The van der Waals surface area contributed by atoms with Crippen molar-refractivity contribution in [1.82, 2.24) is 14.6 Å². The summed E-state index contributed by atoms with van der Waals surface area (Å²) in [4.78, 5) is 0.0775. The zero-order valence-corrected chi connectivity index (χ0v) is 14.0. The number of pyridine rings is 1. The zero-order chi connectivity index (χ0) is 17.3. The molecular weight excluding hydrogens is 326 g/mol. The van der Waals surface area contributed by atoms with Crippen LogP contribution in [0.25, 0.3) is 5.65 Å². The van der Waals surface area contributed by atoms with E-state index in [4.69, 9.17) is 5.26 Å². The maximum atomic E-state index is 13.0. The average Bonchev–Trinajstić information content (AvgIpc) is 2.94.